The lowest BCUT2D eigenvalue weighted by Gasteiger charge is -2.13. The Labute approximate surface area is 156 Å². The number of anilines is 1. The third-order valence-electron chi connectivity index (χ3n) is 4.28. The molecule has 0 saturated heterocycles. The van der Waals surface area contributed by atoms with E-state index in [0.717, 1.165) is 10.9 Å². The molecule has 7 heteroatoms. The van der Waals surface area contributed by atoms with Crippen LogP contribution in [-0.2, 0) is 9.53 Å². The van der Waals surface area contributed by atoms with Crippen molar-refractivity contribution in [1.82, 2.24) is 9.55 Å². The van der Waals surface area contributed by atoms with Gasteiger partial charge in [0.05, 0.1) is 37.2 Å². The lowest BCUT2D eigenvalue weighted by Crippen LogP contribution is -2.23. The Kier molecular flexibility index (Phi) is 5.52. The molecule has 2 heterocycles. The van der Waals surface area contributed by atoms with Gasteiger partial charge in [-0.25, -0.2) is 4.98 Å². The van der Waals surface area contributed by atoms with Crippen LogP contribution < -0.4 is 10.1 Å². The van der Waals surface area contributed by atoms with E-state index in [4.69, 9.17) is 9.47 Å². The number of rotatable bonds is 7. The molecule has 0 saturated carbocycles. The smallest absolute Gasteiger partial charge is 0.296 e. The van der Waals surface area contributed by atoms with Crippen molar-refractivity contribution in [3.05, 3.63) is 54.4 Å². The molecule has 3 aromatic rings. The number of hydrogen-bond donors (Lipinski definition) is 1. The van der Waals surface area contributed by atoms with Gasteiger partial charge >= 0.3 is 0 Å². The Morgan fingerprint density at radius 3 is 2.63 bits per heavy atom. The van der Waals surface area contributed by atoms with E-state index in [1.54, 1.807) is 25.4 Å². The number of ether oxygens (including phenoxy) is 2. The van der Waals surface area contributed by atoms with Crippen molar-refractivity contribution in [2.75, 3.05) is 26.1 Å². The van der Waals surface area contributed by atoms with Gasteiger partial charge in [0.2, 0.25) is 5.88 Å². The molecule has 1 amide bonds. The van der Waals surface area contributed by atoms with Gasteiger partial charge < -0.3 is 19.4 Å². The number of ketones is 1. The van der Waals surface area contributed by atoms with Crippen LogP contribution >= 0.6 is 0 Å². The minimum absolute atomic E-state index is 0.0234. The summed E-state index contributed by atoms with van der Waals surface area (Å²) < 4.78 is 12.2. The Hall–Kier alpha value is -3.19. The standard InChI is InChI=1S/C20H21N3O4/c1-13(12-26-2)23-11-16(15-6-4-5-7-17(15)23)19(24)20(25)22-14-8-9-18(27-3)21-10-14/h4-11,13H,12H2,1-3H3,(H,22,25). The third kappa shape index (κ3) is 3.83. The van der Waals surface area contributed by atoms with Crippen LogP contribution in [0.2, 0.25) is 0 Å². The number of nitrogens with one attached hydrogen (secondary N) is 1. The number of pyridine rings is 1. The molecule has 1 unspecified atom stereocenters. The number of fused-ring (bicyclic) bond motifs is 1. The van der Waals surface area contributed by atoms with Crippen molar-refractivity contribution >= 4 is 28.3 Å². The molecule has 0 aliphatic rings. The predicted octanol–water partition coefficient (Wildman–Crippen LogP) is 3.07. The number of methoxy groups -OCH3 is 2. The quantitative estimate of drug-likeness (QED) is 0.513. The molecule has 1 atom stereocenters. The van der Waals surface area contributed by atoms with Gasteiger partial charge in [-0.2, -0.15) is 0 Å². The number of amides is 1. The van der Waals surface area contributed by atoms with Crippen LogP contribution in [0.25, 0.3) is 10.9 Å². The highest BCUT2D eigenvalue weighted by atomic mass is 16.5. The summed E-state index contributed by atoms with van der Waals surface area (Å²) in [7, 11) is 3.13. The second-order valence-electron chi connectivity index (χ2n) is 6.14. The molecule has 0 spiro atoms. The van der Waals surface area contributed by atoms with Gasteiger partial charge in [0, 0.05) is 30.3 Å². The van der Waals surface area contributed by atoms with E-state index in [1.807, 2.05) is 35.8 Å². The van der Waals surface area contributed by atoms with E-state index in [2.05, 4.69) is 10.3 Å². The molecular formula is C20H21N3O4. The number of hydrogen-bond acceptors (Lipinski definition) is 5. The van der Waals surface area contributed by atoms with E-state index >= 15 is 0 Å². The minimum atomic E-state index is -0.718. The number of aromatic nitrogens is 2. The first kappa shape index (κ1) is 18.6. The second-order valence-corrected chi connectivity index (χ2v) is 6.14. The van der Waals surface area contributed by atoms with Gasteiger partial charge in [-0.1, -0.05) is 18.2 Å². The molecule has 1 N–H and O–H groups in total. The van der Waals surface area contributed by atoms with Gasteiger partial charge in [0.1, 0.15) is 0 Å². The monoisotopic (exact) mass is 367 g/mol. The van der Waals surface area contributed by atoms with Crippen molar-refractivity contribution in [1.29, 1.82) is 0 Å². The zero-order valence-corrected chi connectivity index (χ0v) is 15.4. The van der Waals surface area contributed by atoms with Crippen molar-refractivity contribution in [2.45, 2.75) is 13.0 Å². The average molecular weight is 367 g/mol. The van der Waals surface area contributed by atoms with E-state index in [0.29, 0.717) is 23.7 Å². The molecule has 7 nitrogen and oxygen atoms in total. The SMILES string of the molecule is COCC(C)n1cc(C(=O)C(=O)Nc2ccc(OC)nc2)c2ccccc21. The number of nitrogens with zero attached hydrogens (tertiary/aromatic N) is 2. The Balaban J connectivity index is 1.89. The summed E-state index contributed by atoms with van der Waals surface area (Å²) in [5.41, 5.74) is 1.66. The molecule has 0 radical (unpaired) electrons. The maximum Gasteiger partial charge on any atom is 0.296 e. The van der Waals surface area contributed by atoms with Gasteiger partial charge in [-0.05, 0) is 19.1 Å². The molecule has 0 aliphatic carbocycles. The van der Waals surface area contributed by atoms with Crippen LogP contribution in [0, 0.1) is 0 Å². The van der Waals surface area contributed by atoms with E-state index in [1.165, 1.54) is 13.3 Å². The summed E-state index contributed by atoms with van der Waals surface area (Å²) >= 11 is 0. The van der Waals surface area contributed by atoms with E-state index in [-0.39, 0.29) is 6.04 Å². The molecule has 2 aromatic heterocycles. The largest absolute Gasteiger partial charge is 0.481 e. The molecule has 0 fully saturated rings. The van der Waals surface area contributed by atoms with Crippen LogP contribution in [0.3, 0.4) is 0 Å². The highest BCUT2D eigenvalue weighted by Crippen LogP contribution is 2.25. The van der Waals surface area contributed by atoms with Gasteiger partial charge in [0.15, 0.2) is 0 Å². The van der Waals surface area contributed by atoms with Crippen molar-refractivity contribution < 1.29 is 19.1 Å². The van der Waals surface area contributed by atoms with Gasteiger partial charge in [-0.15, -0.1) is 0 Å². The van der Waals surface area contributed by atoms with Crippen LogP contribution in [0.5, 0.6) is 5.88 Å². The van der Waals surface area contributed by atoms with Crippen LogP contribution in [0.15, 0.2) is 48.8 Å². The Morgan fingerprint density at radius 2 is 1.96 bits per heavy atom. The first-order valence-corrected chi connectivity index (χ1v) is 8.49. The summed E-state index contributed by atoms with van der Waals surface area (Å²) in [6.07, 6.45) is 3.15. The topological polar surface area (TPSA) is 82.5 Å². The highest BCUT2D eigenvalue weighted by molar-refractivity contribution is 6.48. The number of benzene rings is 1. The maximum atomic E-state index is 12.8. The summed E-state index contributed by atoms with van der Waals surface area (Å²) in [4.78, 5) is 29.3. The molecule has 1 aromatic carbocycles. The number of Topliss-reactive ketones (excluding diaryl/α,β-unsaturated/α-hetero) is 1. The van der Waals surface area contributed by atoms with Gasteiger partial charge in [-0.3, -0.25) is 9.59 Å². The van der Waals surface area contributed by atoms with Crippen molar-refractivity contribution in [3.8, 4) is 5.88 Å². The lowest BCUT2D eigenvalue weighted by molar-refractivity contribution is -0.112. The second kappa shape index (κ2) is 8.01. The summed E-state index contributed by atoms with van der Waals surface area (Å²) in [5, 5.41) is 3.31. The number of para-hydroxylation sites is 1. The van der Waals surface area contributed by atoms with Crippen LogP contribution in [-0.4, -0.2) is 42.1 Å². The Bertz CT molecular complexity index is 963. The normalized spacial score (nSPS) is 12.0. The van der Waals surface area contributed by atoms with Crippen LogP contribution in [0.1, 0.15) is 23.3 Å². The summed E-state index contributed by atoms with van der Waals surface area (Å²) in [6, 6.07) is 10.8. The fourth-order valence-corrected chi connectivity index (χ4v) is 2.96. The molecule has 3 rings (SSSR count). The lowest BCUT2D eigenvalue weighted by atomic mass is 10.1. The first-order valence-electron chi connectivity index (χ1n) is 8.49. The summed E-state index contributed by atoms with van der Waals surface area (Å²) in [6.45, 7) is 2.49. The maximum absolute atomic E-state index is 12.8. The molecule has 0 bridgehead atoms. The number of carbonyl (C=O) groups excluding carboxylic acids is 2. The minimum Gasteiger partial charge on any atom is -0.481 e. The van der Waals surface area contributed by atoms with Crippen molar-refractivity contribution in [3.63, 3.8) is 0 Å². The molecule has 0 aliphatic heterocycles. The average Bonchev–Trinajstić information content (AvgIpc) is 3.08. The van der Waals surface area contributed by atoms with Crippen LogP contribution in [0.4, 0.5) is 5.69 Å². The number of carbonyl (C=O) groups is 2. The first-order chi connectivity index (χ1) is 13.0. The van der Waals surface area contributed by atoms with Crippen molar-refractivity contribution in [2.24, 2.45) is 0 Å². The fraction of sp³-hybridized carbons (Fsp3) is 0.250. The highest BCUT2D eigenvalue weighted by Gasteiger charge is 2.23. The predicted molar refractivity (Wildman–Crippen MR) is 102 cm³/mol. The zero-order valence-electron chi connectivity index (χ0n) is 15.4. The fourth-order valence-electron chi connectivity index (χ4n) is 2.96. The zero-order chi connectivity index (χ0) is 19.4. The van der Waals surface area contributed by atoms with E-state index in [9.17, 15) is 9.59 Å². The summed E-state index contributed by atoms with van der Waals surface area (Å²) in [5.74, 6) is -0.899. The van der Waals surface area contributed by atoms with Gasteiger partial charge in [0.25, 0.3) is 11.7 Å². The molecule has 27 heavy (non-hydrogen) atoms. The molecule has 140 valence electrons. The third-order valence-corrected chi connectivity index (χ3v) is 4.28. The van der Waals surface area contributed by atoms with E-state index < -0.39 is 11.7 Å². The Morgan fingerprint density at radius 1 is 1.19 bits per heavy atom. The molecular weight excluding hydrogens is 346 g/mol.